The zero-order valence-electron chi connectivity index (χ0n) is 12.4. The summed E-state index contributed by atoms with van der Waals surface area (Å²) < 4.78 is 33.5. The predicted molar refractivity (Wildman–Crippen MR) is 87.1 cm³/mol. The molecule has 0 aromatic heterocycles. The Labute approximate surface area is 135 Å². The number of rotatable bonds is 5. The molecule has 0 amide bonds. The Morgan fingerprint density at radius 1 is 1.29 bits per heavy atom. The monoisotopic (exact) mass is 375 g/mol. The second-order valence-corrected chi connectivity index (χ2v) is 8.17. The first-order valence-electron chi connectivity index (χ1n) is 7.30. The summed E-state index contributed by atoms with van der Waals surface area (Å²) in [6, 6.07) is 4.77. The van der Waals surface area contributed by atoms with Gasteiger partial charge < -0.3 is 4.74 Å². The van der Waals surface area contributed by atoms with Crippen LogP contribution in [-0.2, 0) is 10.0 Å². The van der Waals surface area contributed by atoms with E-state index in [4.69, 9.17) is 4.74 Å². The maximum Gasteiger partial charge on any atom is 0.240 e. The minimum Gasteiger partial charge on any atom is -0.496 e. The Morgan fingerprint density at radius 2 is 1.95 bits per heavy atom. The van der Waals surface area contributed by atoms with Crippen molar-refractivity contribution in [3.8, 4) is 5.75 Å². The third-order valence-corrected chi connectivity index (χ3v) is 6.31. The molecule has 1 aliphatic carbocycles. The van der Waals surface area contributed by atoms with Gasteiger partial charge in [0.1, 0.15) is 5.75 Å². The third kappa shape index (κ3) is 4.20. The molecule has 0 saturated heterocycles. The quantitative estimate of drug-likeness (QED) is 0.853. The fourth-order valence-electron chi connectivity index (χ4n) is 2.86. The molecule has 118 valence electrons. The van der Waals surface area contributed by atoms with E-state index in [0.717, 1.165) is 12.8 Å². The molecule has 2 rings (SSSR count). The van der Waals surface area contributed by atoms with E-state index in [1.807, 2.05) is 6.92 Å². The van der Waals surface area contributed by atoms with E-state index in [0.29, 0.717) is 16.1 Å². The fourth-order valence-corrected chi connectivity index (χ4v) is 4.89. The van der Waals surface area contributed by atoms with Crippen LogP contribution in [0.1, 0.15) is 39.0 Å². The molecule has 1 N–H and O–H groups in total. The Bertz CT molecular complexity index is 583. The molecule has 0 aliphatic heterocycles. The zero-order valence-corrected chi connectivity index (χ0v) is 14.8. The van der Waals surface area contributed by atoms with Crippen LogP contribution in [0, 0.1) is 5.92 Å². The highest BCUT2D eigenvalue weighted by molar-refractivity contribution is 9.10. The number of nitrogens with one attached hydrogen (secondary N) is 1. The van der Waals surface area contributed by atoms with Crippen LogP contribution >= 0.6 is 15.9 Å². The molecule has 1 saturated carbocycles. The van der Waals surface area contributed by atoms with Crippen molar-refractivity contribution in [2.75, 3.05) is 7.11 Å². The van der Waals surface area contributed by atoms with Crippen LogP contribution in [0.4, 0.5) is 0 Å². The second-order valence-electron chi connectivity index (χ2n) is 5.60. The van der Waals surface area contributed by atoms with E-state index >= 15 is 0 Å². The van der Waals surface area contributed by atoms with Gasteiger partial charge in [0.05, 0.1) is 16.5 Å². The lowest BCUT2D eigenvalue weighted by atomic mass is 9.85. The van der Waals surface area contributed by atoms with E-state index in [9.17, 15) is 8.42 Å². The minimum absolute atomic E-state index is 0.0313. The predicted octanol–water partition coefficient (Wildman–Crippen LogP) is 3.70. The molecular weight excluding hydrogens is 354 g/mol. The number of hydrogen-bond donors (Lipinski definition) is 1. The first-order chi connectivity index (χ1) is 9.94. The summed E-state index contributed by atoms with van der Waals surface area (Å²) in [5, 5.41) is 0. The van der Waals surface area contributed by atoms with Crippen LogP contribution in [0.25, 0.3) is 0 Å². The van der Waals surface area contributed by atoms with Crippen LogP contribution in [-0.4, -0.2) is 21.6 Å². The van der Waals surface area contributed by atoms with Crippen LogP contribution in [0.2, 0.25) is 0 Å². The summed E-state index contributed by atoms with van der Waals surface area (Å²) in [4.78, 5) is 0.262. The van der Waals surface area contributed by atoms with Gasteiger partial charge in [-0.3, -0.25) is 0 Å². The number of ether oxygens (including phenoxy) is 1. The third-order valence-electron chi connectivity index (χ3n) is 4.13. The summed E-state index contributed by atoms with van der Waals surface area (Å²) in [5.74, 6) is 1.06. The van der Waals surface area contributed by atoms with Crippen LogP contribution in [0.5, 0.6) is 5.75 Å². The summed E-state index contributed by atoms with van der Waals surface area (Å²) in [7, 11) is -1.94. The van der Waals surface area contributed by atoms with Crippen molar-refractivity contribution in [1.29, 1.82) is 0 Å². The normalized spacial score (nSPS) is 18.4. The maximum atomic E-state index is 12.5. The van der Waals surface area contributed by atoms with E-state index in [2.05, 4.69) is 20.7 Å². The molecule has 0 heterocycles. The second kappa shape index (κ2) is 7.11. The molecular formula is C15H22BrNO3S. The number of methoxy groups -OCH3 is 1. The van der Waals surface area contributed by atoms with Crippen LogP contribution in [0.15, 0.2) is 27.6 Å². The van der Waals surface area contributed by atoms with Gasteiger partial charge in [0.25, 0.3) is 0 Å². The summed E-state index contributed by atoms with van der Waals surface area (Å²) >= 11 is 3.33. The van der Waals surface area contributed by atoms with Gasteiger partial charge >= 0.3 is 0 Å². The molecule has 4 nitrogen and oxygen atoms in total. The van der Waals surface area contributed by atoms with E-state index in [-0.39, 0.29) is 10.9 Å². The molecule has 0 radical (unpaired) electrons. The molecule has 6 heteroatoms. The topological polar surface area (TPSA) is 55.4 Å². The van der Waals surface area contributed by atoms with Gasteiger partial charge in [-0.2, -0.15) is 0 Å². The van der Waals surface area contributed by atoms with Gasteiger partial charge in [-0.25, -0.2) is 13.1 Å². The van der Waals surface area contributed by atoms with Crippen molar-refractivity contribution in [2.24, 2.45) is 5.92 Å². The molecule has 0 spiro atoms. The SMILES string of the molecule is COc1ccc(S(=O)(=O)NC(C)C2CCCCC2)cc1Br. The lowest BCUT2D eigenvalue weighted by molar-refractivity contribution is 0.303. The molecule has 1 aliphatic rings. The molecule has 0 bridgehead atoms. The molecule has 21 heavy (non-hydrogen) atoms. The highest BCUT2D eigenvalue weighted by atomic mass is 79.9. The molecule has 1 unspecified atom stereocenters. The number of hydrogen-bond acceptors (Lipinski definition) is 3. The lowest BCUT2D eigenvalue weighted by Crippen LogP contribution is -2.38. The smallest absolute Gasteiger partial charge is 0.240 e. The van der Waals surface area contributed by atoms with Crippen molar-refractivity contribution < 1.29 is 13.2 Å². The zero-order chi connectivity index (χ0) is 15.5. The van der Waals surface area contributed by atoms with Crippen LogP contribution < -0.4 is 9.46 Å². The Morgan fingerprint density at radius 3 is 2.52 bits per heavy atom. The van der Waals surface area contributed by atoms with Gasteiger partial charge in [0, 0.05) is 6.04 Å². The van der Waals surface area contributed by atoms with Crippen molar-refractivity contribution in [1.82, 2.24) is 4.72 Å². The first-order valence-corrected chi connectivity index (χ1v) is 9.57. The van der Waals surface area contributed by atoms with Crippen molar-refractivity contribution in [3.63, 3.8) is 0 Å². The first kappa shape index (κ1) is 16.8. The van der Waals surface area contributed by atoms with Gasteiger partial charge in [0.2, 0.25) is 10.0 Å². The largest absolute Gasteiger partial charge is 0.496 e. The summed E-state index contributed by atoms with van der Waals surface area (Å²) in [5.41, 5.74) is 0. The van der Waals surface area contributed by atoms with Gasteiger partial charge in [-0.1, -0.05) is 19.3 Å². The Balaban J connectivity index is 2.12. The highest BCUT2D eigenvalue weighted by Crippen LogP contribution is 2.29. The van der Waals surface area contributed by atoms with E-state index in [1.54, 1.807) is 25.3 Å². The maximum absolute atomic E-state index is 12.5. The average Bonchev–Trinajstić information content (AvgIpc) is 2.47. The van der Waals surface area contributed by atoms with E-state index in [1.165, 1.54) is 19.3 Å². The Kier molecular flexibility index (Phi) is 5.68. The van der Waals surface area contributed by atoms with Gasteiger partial charge in [-0.15, -0.1) is 0 Å². The average molecular weight is 376 g/mol. The van der Waals surface area contributed by atoms with Gasteiger partial charge in [0.15, 0.2) is 0 Å². The molecule has 1 aromatic carbocycles. The lowest BCUT2D eigenvalue weighted by Gasteiger charge is -2.28. The minimum atomic E-state index is -3.49. The number of benzene rings is 1. The molecule has 1 atom stereocenters. The number of halogens is 1. The summed E-state index contributed by atoms with van der Waals surface area (Å²) in [6.07, 6.45) is 5.88. The van der Waals surface area contributed by atoms with E-state index < -0.39 is 10.0 Å². The van der Waals surface area contributed by atoms with Crippen LogP contribution in [0.3, 0.4) is 0 Å². The number of sulfonamides is 1. The molecule has 1 aromatic rings. The highest BCUT2D eigenvalue weighted by Gasteiger charge is 2.25. The Hall–Kier alpha value is -0.590. The fraction of sp³-hybridized carbons (Fsp3) is 0.600. The van der Waals surface area contributed by atoms with Crippen molar-refractivity contribution in [3.05, 3.63) is 22.7 Å². The summed E-state index contributed by atoms with van der Waals surface area (Å²) in [6.45, 7) is 1.96. The van der Waals surface area contributed by atoms with Crippen molar-refractivity contribution in [2.45, 2.75) is 50.0 Å². The molecule has 1 fully saturated rings. The standard InChI is InChI=1S/C15H22BrNO3S/c1-11(12-6-4-3-5-7-12)17-21(18,19)13-8-9-15(20-2)14(16)10-13/h8-12,17H,3-7H2,1-2H3. The van der Waals surface area contributed by atoms with Gasteiger partial charge in [-0.05, 0) is 59.8 Å². The van der Waals surface area contributed by atoms with Crippen molar-refractivity contribution >= 4 is 26.0 Å².